The minimum absolute atomic E-state index is 0.0621. The molecule has 0 aromatic heterocycles. The van der Waals surface area contributed by atoms with Crippen molar-refractivity contribution in [3.63, 3.8) is 0 Å². The first kappa shape index (κ1) is 21.9. The van der Waals surface area contributed by atoms with Gasteiger partial charge >= 0.3 is 0 Å². The summed E-state index contributed by atoms with van der Waals surface area (Å²) < 4.78 is 0. The van der Waals surface area contributed by atoms with E-state index in [4.69, 9.17) is 11.6 Å². The second-order valence-electron chi connectivity index (χ2n) is 7.02. The molecule has 8 heteroatoms. The number of nitrogens with one attached hydrogen (secondary N) is 1. The predicted molar refractivity (Wildman–Crippen MR) is 117 cm³/mol. The van der Waals surface area contributed by atoms with Gasteiger partial charge in [-0.25, -0.2) is 0 Å². The monoisotopic (exact) mass is 441 g/mol. The van der Waals surface area contributed by atoms with Gasteiger partial charge in [-0.2, -0.15) is 5.26 Å². The number of rotatable bonds is 6. The van der Waals surface area contributed by atoms with Crippen LogP contribution in [0.25, 0.3) is 6.08 Å². The van der Waals surface area contributed by atoms with Crippen LogP contribution in [-0.2, 0) is 4.79 Å². The number of nitrogens with zero attached hydrogens (tertiary/aromatic N) is 2. The molecule has 30 heavy (non-hydrogen) atoms. The zero-order valence-corrected chi connectivity index (χ0v) is 17.7. The van der Waals surface area contributed by atoms with Crippen LogP contribution in [0.5, 0.6) is 0 Å². The van der Waals surface area contributed by atoms with Crippen LogP contribution >= 0.6 is 23.4 Å². The van der Waals surface area contributed by atoms with Crippen LogP contribution in [0.2, 0.25) is 5.02 Å². The van der Waals surface area contributed by atoms with Crippen molar-refractivity contribution in [3.8, 4) is 6.07 Å². The Morgan fingerprint density at radius 1 is 1.20 bits per heavy atom. The normalized spacial score (nSPS) is 14.7. The van der Waals surface area contributed by atoms with Crippen molar-refractivity contribution in [2.24, 2.45) is 0 Å². The maximum Gasteiger partial charge on any atom is 0.283 e. The standard InChI is InChI=1S/C22H20ClN3O3S/c23-17-7-9-19(10-8-17)30-21-11-6-15(13-20(21)26(28)29)12-16(14-24)22(27)25-18-4-2-1-3-5-18/h6-13,18H,1-5H2,(H,25,27)/b16-12-. The average molecular weight is 442 g/mol. The van der Waals surface area contributed by atoms with Gasteiger partial charge in [-0.1, -0.05) is 48.7 Å². The van der Waals surface area contributed by atoms with E-state index in [1.54, 1.807) is 36.4 Å². The number of halogens is 1. The fourth-order valence-electron chi connectivity index (χ4n) is 3.31. The number of carbonyl (C=O) groups excluding carboxylic acids is 1. The molecule has 1 aliphatic rings. The number of amides is 1. The molecule has 1 saturated carbocycles. The van der Waals surface area contributed by atoms with Crippen molar-refractivity contribution >= 4 is 41.0 Å². The smallest absolute Gasteiger partial charge is 0.283 e. The Bertz CT molecular complexity index is 1010. The Morgan fingerprint density at radius 2 is 1.90 bits per heavy atom. The fraction of sp³-hybridized carbons (Fsp3) is 0.273. The zero-order chi connectivity index (χ0) is 21.5. The van der Waals surface area contributed by atoms with Gasteiger partial charge in [0.05, 0.1) is 9.82 Å². The molecular formula is C22H20ClN3O3S. The zero-order valence-electron chi connectivity index (χ0n) is 16.1. The lowest BCUT2D eigenvalue weighted by molar-refractivity contribution is -0.387. The van der Waals surface area contributed by atoms with Crippen LogP contribution in [0.4, 0.5) is 5.69 Å². The van der Waals surface area contributed by atoms with E-state index in [-0.39, 0.29) is 17.3 Å². The van der Waals surface area contributed by atoms with Crippen molar-refractivity contribution in [2.45, 2.75) is 47.9 Å². The molecule has 1 N–H and O–H groups in total. The summed E-state index contributed by atoms with van der Waals surface area (Å²) in [5.41, 5.74) is 0.277. The van der Waals surface area contributed by atoms with Crippen molar-refractivity contribution in [1.82, 2.24) is 5.32 Å². The summed E-state index contributed by atoms with van der Waals surface area (Å²) in [5, 5.41) is 24.5. The van der Waals surface area contributed by atoms with Gasteiger partial charge < -0.3 is 5.32 Å². The van der Waals surface area contributed by atoms with Crippen LogP contribution in [0.3, 0.4) is 0 Å². The number of carbonyl (C=O) groups is 1. The molecule has 0 heterocycles. The van der Waals surface area contributed by atoms with Gasteiger partial charge in [0, 0.05) is 22.0 Å². The Kier molecular flexibility index (Phi) is 7.50. The number of benzene rings is 2. The summed E-state index contributed by atoms with van der Waals surface area (Å²) in [4.78, 5) is 24.8. The van der Waals surface area contributed by atoms with Gasteiger partial charge in [0.25, 0.3) is 11.6 Å². The predicted octanol–water partition coefficient (Wildman–Crippen LogP) is 5.76. The largest absolute Gasteiger partial charge is 0.349 e. The van der Waals surface area contributed by atoms with Crippen LogP contribution in [0.15, 0.2) is 57.8 Å². The van der Waals surface area contributed by atoms with E-state index < -0.39 is 10.8 Å². The molecule has 1 amide bonds. The first-order valence-corrected chi connectivity index (χ1v) is 10.8. The Morgan fingerprint density at radius 3 is 2.53 bits per heavy atom. The Balaban J connectivity index is 1.81. The number of nitriles is 1. The molecule has 1 aliphatic carbocycles. The van der Waals surface area contributed by atoms with E-state index in [1.807, 2.05) is 6.07 Å². The molecule has 6 nitrogen and oxygen atoms in total. The van der Waals surface area contributed by atoms with Crippen LogP contribution in [0.1, 0.15) is 37.7 Å². The molecular weight excluding hydrogens is 422 g/mol. The lowest BCUT2D eigenvalue weighted by Crippen LogP contribution is -2.36. The average Bonchev–Trinajstić information content (AvgIpc) is 2.75. The van der Waals surface area contributed by atoms with Crippen molar-refractivity contribution in [1.29, 1.82) is 5.26 Å². The second kappa shape index (κ2) is 10.3. The summed E-state index contributed by atoms with van der Waals surface area (Å²) >= 11 is 7.13. The molecule has 3 rings (SSSR count). The highest BCUT2D eigenvalue weighted by Gasteiger charge is 2.19. The quantitative estimate of drug-likeness (QED) is 0.266. The third-order valence-corrected chi connectivity index (χ3v) is 6.16. The van der Waals surface area contributed by atoms with Crippen molar-refractivity contribution in [3.05, 3.63) is 68.7 Å². The lowest BCUT2D eigenvalue weighted by Gasteiger charge is -2.22. The molecule has 154 valence electrons. The first-order valence-electron chi connectivity index (χ1n) is 9.61. The summed E-state index contributed by atoms with van der Waals surface area (Å²) in [5.74, 6) is -0.438. The third kappa shape index (κ3) is 5.85. The van der Waals surface area contributed by atoms with E-state index in [0.717, 1.165) is 37.0 Å². The molecule has 0 saturated heterocycles. The Hall–Kier alpha value is -2.82. The van der Waals surface area contributed by atoms with Crippen LogP contribution in [0, 0.1) is 21.4 Å². The van der Waals surface area contributed by atoms with E-state index in [0.29, 0.717) is 15.5 Å². The number of nitro benzene ring substituents is 1. The van der Waals surface area contributed by atoms with E-state index >= 15 is 0 Å². The SMILES string of the molecule is N#C/C(=C/c1ccc(Sc2ccc(Cl)cc2)c([N+](=O)[O-])c1)C(=O)NC1CCCCC1. The Labute approximate surface area is 184 Å². The summed E-state index contributed by atoms with van der Waals surface area (Å²) in [7, 11) is 0. The van der Waals surface area contributed by atoms with Gasteiger partial charge in [0.15, 0.2) is 0 Å². The molecule has 0 bridgehead atoms. The van der Waals surface area contributed by atoms with E-state index in [9.17, 15) is 20.2 Å². The van der Waals surface area contributed by atoms with Crippen LogP contribution < -0.4 is 5.32 Å². The molecule has 0 spiro atoms. The van der Waals surface area contributed by atoms with Gasteiger partial charge in [-0.3, -0.25) is 14.9 Å². The highest BCUT2D eigenvalue weighted by molar-refractivity contribution is 7.99. The molecule has 0 aliphatic heterocycles. The maximum atomic E-state index is 12.5. The van der Waals surface area contributed by atoms with E-state index in [1.165, 1.54) is 23.9 Å². The molecule has 0 atom stereocenters. The first-order chi connectivity index (χ1) is 14.5. The summed E-state index contributed by atoms with van der Waals surface area (Å²) in [6.07, 6.45) is 6.50. The number of nitro groups is 1. The topological polar surface area (TPSA) is 96.0 Å². The van der Waals surface area contributed by atoms with Gasteiger partial charge in [-0.05, 0) is 54.8 Å². The highest BCUT2D eigenvalue weighted by Crippen LogP contribution is 2.36. The van der Waals surface area contributed by atoms with Crippen molar-refractivity contribution < 1.29 is 9.72 Å². The van der Waals surface area contributed by atoms with Crippen molar-refractivity contribution in [2.75, 3.05) is 0 Å². The van der Waals surface area contributed by atoms with Gasteiger partial charge in [0.1, 0.15) is 11.6 Å². The number of hydrogen-bond acceptors (Lipinski definition) is 5. The lowest BCUT2D eigenvalue weighted by atomic mass is 9.95. The van der Waals surface area contributed by atoms with Crippen LogP contribution in [-0.4, -0.2) is 16.9 Å². The minimum Gasteiger partial charge on any atom is -0.349 e. The maximum absolute atomic E-state index is 12.5. The highest BCUT2D eigenvalue weighted by atomic mass is 35.5. The second-order valence-corrected chi connectivity index (χ2v) is 8.57. The number of hydrogen-bond donors (Lipinski definition) is 1. The molecule has 0 radical (unpaired) electrons. The molecule has 2 aromatic carbocycles. The van der Waals surface area contributed by atoms with Gasteiger partial charge in [0.2, 0.25) is 0 Å². The van der Waals surface area contributed by atoms with Gasteiger partial charge in [-0.15, -0.1) is 0 Å². The third-order valence-electron chi connectivity index (χ3n) is 4.84. The minimum atomic E-state index is -0.469. The molecule has 0 unspecified atom stereocenters. The van der Waals surface area contributed by atoms with E-state index in [2.05, 4.69) is 5.32 Å². The molecule has 2 aromatic rings. The molecule has 1 fully saturated rings. The fourth-order valence-corrected chi connectivity index (χ4v) is 4.33. The summed E-state index contributed by atoms with van der Waals surface area (Å²) in [6, 6.07) is 13.7. The summed E-state index contributed by atoms with van der Waals surface area (Å²) in [6.45, 7) is 0.